The topological polar surface area (TPSA) is 38.5 Å². The third-order valence-corrected chi connectivity index (χ3v) is 4.62. The summed E-state index contributed by atoms with van der Waals surface area (Å²) in [5.41, 5.74) is 7.97. The molecular weight excluding hydrogens is 260 g/mol. The quantitative estimate of drug-likeness (QED) is 0.925. The molecule has 1 aromatic rings. The fraction of sp³-hybridized carbons (Fsp3) is 0.600. The van der Waals surface area contributed by atoms with Gasteiger partial charge in [-0.2, -0.15) is 0 Å². The van der Waals surface area contributed by atoms with Crippen LogP contribution in [0.25, 0.3) is 0 Å². The maximum atomic E-state index is 6.36. The van der Waals surface area contributed by atoms with E-state index in [-0.39, 0.29) is 0 Å². The second kappa shape index (κ2) is 5.70. The van der Waals surface area contributed by atoms with Crippen molar-refractivity contribution in [2.24, 2.45) is 5.73 Å². The zero-order valence-electron chi connectivity index (χ0n) is 11.1. The minimum atomic E-state index is 0.413. The van der Waals surface area contributed by atoms with Crippen LogP contribution in [0.15, 0.2) is 18.2 Å². The molecule has 0 bridgehead atoms. The Hall–Kier alpha value is -0.770. The number of anilines is 1. The fourth-order valence-corrected chi connectivity index (χ4v) is 3.59. The molecule has 4 heteroatoms. The molecule has 104 valence electrons. The summed E-state index contributed by atoms with van der Waals surface area (Å²) in [5.74, 6) is 0. The van der Waals surface area contributed by atoms with E-state index in [4.69, 9.17) is 22.1 Å². The monoisotopic (exact) mass is 280 g/mol. The van der Waals surface area contributed by atoms with Crippen LogP contribution in [-0.2, 0) is 11.2 Å². The van der Waals surface area contributed by atoms with Crippen LogP contribution >= 0.6 is 11.6 Å². The predicted octanol–water partition coefficient (Wildman–Crippen LogP) is 2.60. The smallest absolute Gasteiger partial charge is 0.0779 e. The van der Waals surface area contributed by atoms with E-state index in [2.05, 4.69) is 23.1 Å². The summed E-state index contributed by atoms with van der Waals surface area (Å²) < 4.78 is 5.85. The lowest BCUT2D eigenvalue weighted by Crippen LogP contribution is -2.48. The first-order valence-corrected chi connectivity index (χ1v) is 7.54. The van der Waals surface area contributed by atoms with Gasteiger partial charge in [-0.3, -0.25) is 0 Å². The van der Waals surface area contributed by atoms with Gasteiger partial charge in [-0.1, -0.05) is 17.7 Å². The average molecular weight is 281 g/mol. The standard InChI is InChI=1S/C15H21ClN2O/c16-13-10-12(5-4-11(13)6-7-17)18-8-9-19-15-3-1-2-14(15)18/h4-5,10,14-15H,1-3,6-9,17H2. The van der Waals surface area contributed by atoms with Crippen molar-refractivity contribution in [1.82, 2.24) is 0 Å². The Morgan fingerprint density at radius 2 is 2.26 bits per heavy atom. The second-order valence-corrected chi connectivity index (χ2v) is 5.82. The van der Waals surface area contributed by atoms with Crippen LogP contribution < -0.4 is 10.6 Å². The molecule has 0 amide bonds. The van der Waals surface area contributed by atoms with E-state index < -0.39 is 0 Å². The molecule has 1 aliphatic heterocycles. The van der Waals surface area contributed by atoms with Crippen molar-refractivity contribution in [2.75, 3.05) is 24.6 Å². The summed E-state index contributed by atoms with van der Waals surface area (Å²) in [6.07, 6.45) is 4.95. The van der Waals surface area contributed by atoms with Crippen LogP contribution in [-0.4, -0.2) is 31.8 Å². The molecule has 1 heterocycles. The maximum absolute atomic E-state index is 6.36. The molecule has 1 saturated carbocycles. The van der Waals surface area contributed by atoms with Crippen molar-refractivity contribution in [3.8, 4) is 0 Å². The van der Waals surface area contributed by atoms with E-state index in [1.807, 2.05) is 0 Å². The number of hydrogen-bond acceptors (Lipinski definition) is 3. The predicted molar refractivity (Wildman–Crippen MR) is 78.9 cm³/mol. The average Bonchev–Trinajstić information content (AvgIpc) is 2.89. The van der Waals surface area contributed by atoms with Gasteiger partial charge in [-0.15, -0.1) is 0 Å². The highest BCUT2D eigenvalue weighted by atomic mass is 35.5. The Morgan fingerprint density at radius 3 is 3.05 bits per heavy atom. The third-order valence-electron chi connectivity index (χ3n) is 4.26. The van der Waals surface area contributed by atoms with Crippen molar-refractivity contribution in [3.05, 3.63) is 28.8 Å². The van der Waals surface area contributed by atoms with Gasteiger partial charge in [0, 0.05) is 17.3 Å². The van der Waals surface area contributed by atoms with E-state index in [0.29, 0.717) is 18.7 Å². The van der Waals surface area contributed by atoms with Gasteiger partial charge in [-0.25, -0.2) is 0 Å². The zero-order valence-corrected chi connectivity index (χ0v) is 11.9. The molecule has 1 aromatic carbocycles. The highest BCUT2D eigenvalue weighted by molar-refractivity contribution is 6.31. The number of benzene rings is 1. The van der Waals surface area contributed by atoms with Gasteiger partial charge in [0.05, 0.1) is 18.8 Å². The molecule has 0 spiro atoms. The molecule has 19 heavy (non-hydrogen) atoms. The number of rotatable bonds is 3. The van der Waals surface area contributed by atoms with Crippen LogP contribution in [0.3, 0.4) is 0 Å². The molecule has 2 fully saturated rings. The first kappa shape index (κ1) is 13.2. The lowest BCUT2D eigenvalue weighted by atomic mass is 10.1. The SMILES string of the molecule is NCCc1ccc(N2CCOC3CCCC32)cc1Cl. The lowest BCUT2D eigenvalue weighted by molar-refractivity contribution is 0.0256. The van der Waals surface area contributed by atoms with Crippen molar-refractivity contribution in [1.29, 1.82) is 0 Å². The Bertz CT molecular complexity index is 452. The van der Waals surface area contributed by atoms with Crippen LogP contribution in [0.2, 0.25) is 5.02 Å². The number of nitrogens with two attached hydrogens (primary N) is 1. The van der Waals surface area contributed by atoms with Gasteiger partial charge in [-0.05, 0) is 49.9 Å². The van der Waals surface area contributed by atoms with Crippen molar-refractivity contribution < 1.29 is 4.74 Å². The summed E-state index contributed by atoms with van der Waals surface area (Å²) in [5, 5.41) is 0.837. The van der Waals surface area contributed by atoms with Crippen molar-refractivity contribution in [3.63, 3.8) is 0 Å². The molecule has 0 radical (unpaired) electrons. The largest absolute Gasteiger partial charge is 0.374 e. The molecule has 0 aromatic heterocycles. The number of ether oxygens (including phenoxy) is 1. The molecule has 2 atom stereocenters. The van der Waals surface area contributed by atoms with Crippen LogP contribution in [0.5, 0.6) is 0 Å². The minimum absolute atomic E-state index is 0.413. The van der Waals surface area contributed by atoms with E-state index in [1.54, 1.807) is 0 Å². The third kappa shape index (κ3) is 2.60. The molecule has 2 N–H and O–H groups in total. The lowest BCUT2D eigenvalue weighted by Gasteiger charge is -2.39. The van der Waals surface area contributed by atoms with E-state index >= 15 is 0 Å². The van der Waals surface area contributed by atoms with Crippen LogP contribution in [0.1, 0.15) is 24.8 Å². The van der Waals surface area contributed by atoms with Gasteiger partial charge in [0.2, 0.25) is 0 Å². The highest BCUT2D eigenvalue weighted by Gasteiger charge is 2.36. The molecule has 3 nitrogen and oxygen atoms in total. The summed E-state index contributed by atoms with van der Waals surface area (Å²) >= 11 is 6.36. The number of nitrogens with zero attached hydrogens (tertiary/aromatic N) is 1. The van der Waals surface area contributed by atoms with E-state index in [0.717, 1.165) is 30.2 Å². The molecule has 3 rings (SSSR count). The number of hydrogen-bond donors (Lipinski definition) is 1. The Morgan fingerprint density at radius 1 is 1.37 bits per heavy atom. The molecule has 2 unspecified atom stereocenters. The fourth-order valence-electron chi connectivity index (χ4n) is 3.32. The van der Waals surface area contributed by atoms with Gasteiger partial charge < -0.3 is 15.4 Å². The van der Waals surface area contributed by atoms with Crippen molar-refractivity contribution in [2.45, 2.75) is 37.8 Å². The van der Waals surface area contributed by atoms with Gasteiger partial charge in [0.1, 0.15) is 0 Å². The summed E-state index contributed by atoms with van der Waals surface area (Å²) in [7, 11) is 0. The minimum Gasteiger partial charge on any atom is -0.374 e. The van der Waals surface area contributed by atoms with Crippen LogP contribution in [0, 0.1) is 0 Å². The summed E-state index contributed by atoms with van der Waals surface area (Å²) in [4.78, 5) is 2.47. The van der Waals surface area contributed by atoms with Gasteiger partial charge in [0.15, 0.2) is 0 Å². The van der Waals surface area contributed by atoms with E-state index in [1.165, 1.54) is 24.9 Å². The second-order valence-electron chi connectivity index (χ2n) is 5.42. The number of morpholine rings is 1. The summed E-state index contributed by atoms with van der Waals surface area (Å²) in [6, 6.07) is 6.92. The first-order chi connectivity index (χ1) is 9.29. The molecule has 2 aliphatic rings. The Labute approximate surface area is 119 Å². The first-order valence-electron chi connectivity index (χ1n) is 7.16. The van der Waals surface area contributed by atoms with Gasteiger partial charge >= 0.3 is 0 Å². The number of halogens is 1. The normalized spacial score (nSPS) is 26.5. The highest BCUT2D eigenvalue weighted by Crippen LogP contribution is 2.34. The Balaban J connectivity index is 1.83. The maximum Gasteiger partial charge on any atom is 0.0779 e. The van der Waals surface area contributed by atoms with E-state index in [9.17, 15) is 0 Å². The molecule has 1 aliphatic carbocycles. The van der Waals surface area contributed by atoms with Crippen molar-refractivity contribution >= 4 is 17.3 Å². The zero-order chi connectivity index (χ0) is 13.2. The molecular formula is C15H21ClN2O. The Kier molecular flexibility index (Phi) is 3.96. The number of fused-ring (bicyclic) bond motifs is 1. The van der Waals surface area contributed by atoms with Crippen LogP contribution in [0.4, 0.5) is 5.69 Å². The molecule has 1 saturated heterocycles. The summed E-state index contributed by atoms with van der Waals surface area (Å²) in [6.45, 7) is 2.43. The van der Waals surface area contributed by atoms with Gasteiger partial charge in [0.25, 0.3) is 0 Å².